The van der Waals surface area contributed by atoms with Crippen LogP contribution in [0, 0.1) is 11.3 Å². The fourth-order valence-corrected chi connectivity index (χ4v) is 2.48. The lowest BCUT2D eigenvalue weighted by molar-refractivity contribution is -0.132. The second kappa shape index (κ2) is 7.21. The number of nitriles is 1. The van der Waals surface area contributed by atoms with Gasteiger partial charge < -0.3 is 15.3 Å². The first-order valence-electron chi connectivity index (χ1n) is 7.32. The predicted molar refractivity (Wildman–Crippen MR) is 79.4 cm³/mol. The number of carbonyl (C=O) groups is 1. The number of nitrogens with one attached hydrogen (secondary N) is 1. The van der Waals surface area contributed by atoms with Gasteiger partial charge in [0.05, 0.1) is 23.8 Å². The molecule has 21 heavy (non-hydrogen) atoms. The van der Waals surface area contributed by atoms with Crippen molar-refractivity contribution < 1.29 is 9.90 Å². The molecule has 2 rings (SSSR count). The fraction of sp³-hybridized carbons (Fsp3) is 0.500. The molecule has 1 aromatic rings. The second-order valence-electron chi connectivity index (χ2n) is 5.41. The molecule has 2 atom stereocenters. The van der Waals surface area contributed by atoms with Gasteiger partial charge in [0.25, 0.3) is 0 Å². The van der Waals surface area contributed by atoms with E-state index in [1.807, 2.05) is 17.9 Å². The van der Waals surface area contributed by atoms with E-state index in [4.69, 9.17) is 5.26 Å². The van der Waals surface area contributed by atoms with Crippen molar-refractivity contribution in [1.82, 2.24) is 10.2 Å². The van der Waals surface area contributed by atoms with Crippen molar-refractivity contribution in [2.24, 2.45) is 0 Å². The summed E-state index contributed by atoms with van der Waals surface area (Å²) < 4.78 is 0. The first kappa shape index (κ1) is 15.5. The van der Waals surface area contributed by atoms with Crippen LogP contribution in [0.2, 0.25) is 0 Å². The standard InChI is InChI=1S/C16H21N3O2/c1-12(16(21)19-8-2-3-9-19)18-11-15(20)14-6-4-13(10-17)5-7-14/h4-7,12,15,18,20H,2-3,8-9,11H2,1H3. The minimum atomic E-state index is -0.688. The van der Waals surface area contributed by atoms with Crippen LogP contribution in [0.15, 0.2) is 24.3 Å². The van der Waals surface area contributed by atoms with Gasteiger partial charge in [0.2, 0.25) is 5.91 Å². The summed E-state index contributed by atoms with van der Waals surface area (Å²) in [6.07, 6.45) is 1.46. The lowest BCUT2D eigenvalue weighted by atomic mass is 10.1. The number of hydrogen-bond acceptors (Lipinski definition) is 4. The summed E-state index contributed by atoms with van der Waals surface area (Å²) in [6, 6.07) is 8.57. The van der Waals surface area contributed by atoms with Gasteiger partial charge in [-0.05, 0) is 37.5 Å². The van der Waals surface area contributed by atoms with E-state index in [2.05, 4.69) is 5.32 Å². The maximum Gasteiger partial charge on any atom is 0.239 e. The number of hydrogen-bond donors (Lipinski definition) is 2. The second-order valence-corrected chi connectivity index (χ2v) is 5.41. The van der Waals surface area contributed by atoms with Crippen molar-refractivity contribution >= 4 is 5.91 Å². The molecule has 1 aliphatic rings. The largest absolute Gasteiger partial charge is 0.387 e. The highest BCUT2D eigenvalue weighted by atomic mass is 16.3. The van der Waals surface area contributed by atoms with Crippen LogP contribution in [0.3, 0.4) is 0 Å². The third-order valence-corrected chi connectivity index (χ3v) is 3.83. The van der Waals surface area contributed by atoms with Gasteiger partial charge in [-0.2, -0.15) is 5.26 Å². The maximum atomic E-state index is 12.1. The highest BCUT2D eigenvalue weighted by Crippen LogP contribution is 2.14. The molecule has 0 aliphatic carbocycles. The lowest BCUT2D eigenvalue weighted by Crippen LogP contribution is -2.44. The molecule has 1 saturated heterocycles. The van der Waals surface area contributed by atoms with Crippen LogP contribution in [0.5, 0.6) is 0 Å². The molecule has 0 spiro atoms. The molecular weight excluding hydrogens is 266 g/mol. The van der Waals surface area contributed by atoms with Gasteiger partial charge in [-0.1, -0.05) is 12.1 Å². The molecule has 5 heteroatoms. The van der Waals surface area contributed by atoms with Gasteiger partial charge in [-0.3, -0.25) is 4.79 Å². The van der Waals surface area contributed by atoms with Crippen LogP contribution in [-0.2, 0) is 4.79 Å². The van der Waals surface area contributed by atoms with E-state index in [-0.39, 0.29) is 11.9 Å². The van der Waals surface area contributed by atoms with Crippen LogP contribution < -0.4 is 5.32 Å². The Kier molecular flexibility index (Phi) is 5.32. The van der Waals surface area contributed by atoms with Gasteiger partial charge >= 0.3 is 0 Å². The molecule has 0 aromatic heterocycles. The van der Waals surface area contributed by atoms with Crippen molar-refractivity contribution in [3.63, 3.8) is 0 Å². The van der Waals surface area contributed by atoms with E-state index in [0.717, 1.165) is 31.5 Å². The number of nitrogens with zero attached hydrogens (tertiary/aromatic N) is 2. The summed E-state index contributed by atoms with van der Waals surface area (Å²) in [4.78, 5) is 14.0. The lowest BCUT2D eigenvalue weighted by Gasteiger charge is -2.22. The van der Waals surface area contributed by atoms with E-state index in [1.165, 1.54) is 0 Å². The molecule has 5 nitrogen and oxygen atoms in total. The Morgan fingerprint density at radius 3 is 2.57 bits per heavy atom. The molecule has 1 fully saturated rings. The SMILES string of the molecule is CC(NCC(O)c1ccc(C#N)cc1)C(=O)N1CCCC1. The molecule has 0 bridgehead atoms. The van der Waals surface area contributed by atoms with E-state index < -0.39 is 6.10 Å². The minimum Gasteiger partial charge on any atom is -0.387 e. The van der Waals surface area contributed by atoms with E-state index in [1.54, 1.807) is 24.3 Å². The number of carbonyl (C=O) groups excluding carboxylic acids is 1. The molecule has 0 saturated carbocycles. The third-order valence-electron chi connectivity index (χ3n) is 3.83. The summed E-state index contributed by atoms with van der Waals surface area (Å²) in [5.41, 5.74) is 1.30. The summed E-state index contributed by atoms with van der Waals surface area (Å²) >= 11 is 0. The fourth-order valence-electron chi connectivity index (χ4n) is 2.48. The van der Waals surface area contributed by atoms with Crippen molar-refractivity contribution in [3.8, 4) is 6.07 Å². The zero-order valence-corrected chi connectivity index (χ0v) is 12.2. The quantitative estimate of drug-likeness (QED) is 0.853. The maximum absolute atomic E-state index is 12.1. The molecule has 0 radical (unpaired) electrons. The Balaban J connectivity index is 1.83. The topological polar surface area (TPSA) is 76.4 Å². The van der Waals surface area contributed by atoms with Gasteiger partial charge in [0, 0.05) is 19.6 Å². The minimum absolute atomic E-state index is 0.0968. The van der Waals surface area contributed by atoms with Crippen LogP contribution in [0.25, 0.3) is 0 Å². The first-order chi connectivity index (χ1) is 10.1. The number of aliphatic hydroxyl groups is 1. The molecular formula is C16H21N3O2. The highest BCUT2D eigenvalue weighted by molar-refractivity contribution is 5.81. The Hall–Kier alpha value is -1.90. The Morgan fingerprint density at radius 2 is 2.00 bits per heavy atom. The van der Waals surface area contributed by atoms with Crippen molar-refractivity contribution in [3.05, 3.63) is 35.4 Å². The number of likely N-dealkylation sites (tertiary alicyclic amines) is 1. The van der Waals surface area contributed by atoms with Crippen LogP contribution in [-0.4, -0.2) is 41.6 Å². The third kappa shape index (κ3) is 4.03. The molecule has 2 N–H and O–H groups in total. The van der Waals surface area contributed by atoms with Gasteiger partial charge in [0.1, 0.15) is 0 Å². The molecule has 2 unspecified atom stereocenters. The van der Waals surface area contributed by atoms with Crippen molar-refractivity contribution in [2.45, 2.75) is 31.9 Å². The van der Waals surface area contributed by atoms with Gasteiger partial charge in [-0.25, -0.2) is 0 Å². The Labute approximate surface area is 125 Å². The van der Waals surface area contributed by atoms with E-state index >= 15 is 0 Å². The summed E-state index contributed by atoms with van der Waals surface area (Å²) in [6.45, 7) is 3.81. The molecule has 1 heterocycles. The van der Waals surface area contributed by atoms with Crippen LogP contribution in [0.4, 0.5) is 0 Å². The van der Waals surface area contributed by atoms with Crippen LogP contribution in [0.1, 0.15) is 37.0 Å². The Morgan fingerprint density at radius 1 is 1.38 bits per heavy atom. The smallest absolute Gasteiger partial charge is 0.239 e. The normalized spacial score (nSPS) is 17.3. The Bertz CT molecular complexity index is 515. The zero-order valence-electron chi connectivity index (χ0n) is 12.2. The highest BCUT2D eigenvalue weighted by Gasteiger charge is 2.23. The number of amides is 1. The molecule has 1 aromatic carbocycles. The average Bonchev–Trinajstić information content (AvgIpc) is 3.06. The summed E-state index contributed by atoms with van der Waals surface area (Å²) in [5.74, 6) is 0.0968. The molecule has 112 valence electrons. The van der Waals surface area contributed by atoms with Crippen molar-refractivity contribution in [1.29, 1.82) is 5.26 Å². The number of aliphatic hydroxyl groups excluding tert-OH is 1. The number of rotatable bonds is 5. The predicted octanol–water partition coefficient (Wildman–Crippen LogP) is 1.19. The molecule has 1 amide bonds. The monoisotopic (exact) mass is 287 g/mol. The van der Waals surface area contributed by atoms with Gasteiger partial charge in [-0.15, -0.1) is 0 Å². The zero-order chi connectivity index (χ0) is 15.2. The van der Waals surface area contributed by atoms with Gasteiger partial charge in [0.15, 0.2) is 0 Å². The van der Waals surface area contributed by atoms with Crippen molar-refractivity contribution in [2.75, 3.05) is 19.6 Å². The van der Waals surface area contributed by atoms with E-state index in [9.17, 15) is 9.90 Å². The first-order valence-corrected chi connectivity index (χ1v) is 7.32. The summed E-state index contributed by atoms with van der Waals surface area (Å²) in [5, 5.41) is 21.9. The number of benzene rings is 1. The van der Waals surface area contributed by atoms with E-state index in [0.29, 0.717) is 12.1 Å². The summed E-state index contributed by atoms with van der Waals surface area (Å²) in [7, 11) is 0. The average molecular weight is 287 g/mol. The molecule has 1 aliphatic heterocycles. The van der Waals surface area contributed by atoms with Crippen LogP contribution >= 0.6 is 0 Å².